The molecule has 0 aliphatic rings. The summed E-state index contributed by atoms with van der Waals surface area (Å²) in [5.41, 5.74) is 4.17. The Morgan fingerprint density at radius 1 is 1.06 bits per heavy atom. The minimum absolute atomic E-state index is 0.0182. The molecule has 0 saturated carbocycles. The van der Waals surface area contributed by atoms with Crippen LogP contribution in [0.15, 0.2) is 79.0 Å². The molecule has 0 unspecified atom stereocenters. The minimum atomic E-state index is -0.245. The van der Waals surface area contributed by atoms with Crippen molar-refractivity contribution in [2.24, 2.45) is 0 Å². The van der Waals surface area contributed by atoms with Crippen molar-refractivity contribution in [3.63, 3.8) is 0 Å². The average molecular weight is 463 g/mol. The molecule has 2 atom stereocenters. The number of para-hydroxylation sites is 1. The lowest BCUT2D eigenvalue weighted by molar-refractivity contribution is -0.121. The third-order valence-corrected chi connectivity index (χ3v) is 6.36. The van der Waals surface area contributed by atoms with Crippen LogP contribution in [0.5, 0.6) is 0 Å². The predicted molar refractivity (Wildman–Crippen MR) is 133 cm³/mol. The van der Waals surface area contributed by atoms with Crippen LogP contribution >= 0.6 is 11.6 Å². The molecule has 1 aromatic heterocycles. The molecule has 0 aliphatic heterocycles. The summed E-state index contributed by atoms with van der Waals surface area (Å²) < 4.78 is 15.6. The van der Waals surface area contributed by atoms with Crippen molar-refractivity contribution in [1.82, 2.24) is 9.88 Å². The van der Waals surface area contributed by atoms with Gasteiger partial charge in [0.15, 0.2) is 0 Å². The van der Waals surface area contributed by atoms with E-state index in [1.54, 1.807) is 12.1 Å². The first-order valence-corrected chi connectivity index (χ1v) is 11.7. The number of carbonyl (C=O) groups excluding carboxylic acids is 1. The van der Waals surface area contributed by atoms with E-state index in [0.717, 1.165) is 34.0 Å². The molecular formula is C28H28ClFN2O. The Hall–Kier alpha value is -3.11. The molecule has 5 heteroatoms. The smallest absolute Gasteiger partial charge is 0.221 e. The van der Waals surface area contributed by atoms with Crippen molar-refractivity contribution in [3.05, 3.63) is 107 Å². The third kappa shape index (κ3) is 5.45. The van der Waals surface area contributed by atoms with Crippen LogP contribution < -0.4 is 5.32 Å². The average Bonchev–Trinajstić information content (AvgIpc) is 3.17. The second kappa shape index (κ2) is 10.2. The Bertz CT molecular complexity index is 1250. The van der Waals surface area contributed by atoms with E-state index in [9.17, 15) is 9.18 Å². The lowest BCUT2D eigenvalue weighted by Gasteiger charge is -2.19. The summed E-state index contributed by atoms with van der Waals surface area (Å²) in [6, 6.07) is 22.6. The molecular weight excluding hydrogens is 435 g/mol. The fourth-order valence-electron chi connectivity index (χ4n) is 4.22. The van der Waals surface area contributed by atoms with Gasteiger partial charge in [-0.3, -0.25) is 4.79 Å². The van der Waals surface area contributed by atoms with E-state index in [1.807, 2.05) is 43.3 Å². The lowest BCUT2D eigenvalue weighted by Crippen LogP contribution is -2.33. The first kappa shape index (κ1) is 23.1. The van der Waals surface area contributed by atoms with E-state index >= 15 is 0 Å². The Morgan fingerprint density at radius 3 is 2.55 bits per heavy atom. The Morgan fingerprint density at radius 2 is 1.82 bits per heavy atom. The van der Waals surface area contributed by atoms with Gasteiger partial charge in [0.25, 0.3) is 0 Å². The molecule has 170 valence electrons. The summed E-state index contributed by atoms with van der Waals surface area (Å²) >= 11 is 6.33. The standard InChI is InChI=1S/C28H28ClFN2O/c1-3-19(2)31-28(33)16-25(21-7-6-8-22(29)15-21)26-18-32(27-10-5-4-9-24(26)27)17-20-11-13-23(30)14-12-20/h4-15,18-19,25H,3,16-17H2,1-2H3,(H,31,33)/t19-,25+/m1/s1. The number of nitrogens with zero attached hydrogens (tertiary/aromatic N) is 1. The molecule has 33 heavy (non-hydrogen) atoms. The number of carbonyl (C=O) groups is 1. The highest BCUT2D eigenvalue weighted by Gasteiger charge is 2.23. The topological polar surface area (TPSA) is 34.0 Å². The number of hydrogen-bond acceptors (Lipinski definition) is 1. The first-order valence-electron chi connectivity index (χ1n) is 11.3. The van der Waals surface area contributed by atoms with Gasteiger partial charge in [0.1, 0.15) is 5.82 Å². The summed E-state index contributed by atoms with van der Waals surface area (Å²) in [5.74, 6) is -0.373. The van der Waals surface area contributed by atoms with Gasteiger partial charge in [-0.1, -0.05) is 61.0 Å². The van der Waals surface area contributed by atoms with Crippen LogP contribution in [0.25, 0.3) is 10.9 Å². The zero-order valence-electron chi connectivity index (χ0n) is 18.9. The van der Waals surface area contributed by atoms with Crippen LogP contribution in [-0.2, 0) is 11.3 Å². The van der Waals surface area contributed by atoms with Crippen LogP contribution in [0.1, 0.15) is 49.3 Å². The van der Waals surface area contributed by atoms with Crippen molar-refractivity contribution in [2.45, 2.75) is 45.2 Å². The molecule has 0 spiro atoms. The number of fused-ring (bicyclic) bond motifs is 1. The normalized spacial score (nSPS) is 13.1. The number of aromatic nitrogens is 1. The first-order chi connectivity index (χ1) is 15.9. The van der Waals surface area contributed by atoms with Crippen LogP contribution in [-0.4, -0.2) is 16.5 Å². The summed E-state index contributed by atoms with van der Waals surface area (Å²) in [6.45, 7) is 4.69. The molecule has 3 nitrogen and oxygen atoms in total. The third-order valence-electron chi connectivity index (χ3n) is 6.12. The van der Waals surface area contributed by atoms with E-state index in [1.165, 1.54) is 12.1 Å². The SMILES string of the molecule is CC[C@@H](C)NC(=O)C[C@@H](c1cccc(Cl)c1)c1cn(Cc2ccc(F)cc2)c2ccccc12. The summed E-state index contributed by atoms with van der Waals surface area (Å²) in [6.07, 6.45) is 3.33. The molecule has 4 rings (SSSR count). The van der Waals surface area contributed by atoms with Crippen LogP contribution in [0.2, 0.25) is 5.02 Å². The van der Waals surface area contributed by atoms with Crippen molar-refractivity contribution >= 4 is 28.4 Å². The number of hydrogen-bond donors (Lipinski definition) is 1. The van der Waals surface area contributed by atoms with E-state index < -0.39 is 0 Å². The molecule has 0 aliphatic carbocycles. The van der Waals surface area contributed by atoms with Crippen molar-refractivity contribution < 1.29 is 9.18 Å². The highest BCUT2D eigenvalue weighted by Crippen LogP contribution is 2.36. The zero-order chi connectivity index (χ0) is 23.4. The fraction of sp³-hybridized carbons (Fsp3) is 0.250. The van der Waals surface area contributed by atoms with Gasteiger partial charge in [-0.15, -0.1) is 0 Å². The molecule has 3 aromatic carbocycles. The summed E-state index contributed by atoms with van der Waals surface area (Å²) in [4.78, 5) is 12.9. The number of rotatable bonds is 8. The van der Waals surface area contributed by atoms with Gasteiger partial charge in [-0.05, 0) is 60.4 Å². The van der Waals surface area contributed by atoms with Gasteiger partial charge in [-0.2, -0.15) is 0 Å². The second-order valence-electron chi connectivity index (χ2n) is 8.54. The van der Waals surface area contributed by atoms with E-state index in [4.69, 9.17) is 11.6 Å². The molecule has 1 N–H and O–H groups in total. The molecule has 4 aromatic rings. The van der Waals surface area contributed by atoms with E-state index in [-0.39, 0.29) is 23.7 Å². The molecule has 1 amide bonds. The van der Waals surface area contributed by atoms with Crippen LogP contribution in [0.3, 0.4) is 0 Å². The van der Waals surface area contributed by atoms with Crippen molar-refractivity contribution in [2.75, 3.05) is 0 Å². The monoisotopic (exact) mass is 462 g/mol. The summed E-state index contributed by atoms with van der Waals surface area (Å²) in [7, 11) is 0. The van der Waals surface area contributed by atoms with Crippen molar-refractivity contribution in [3.8, 4) is 0 Å². The Labute approximate surface area is 199 Å². The maximum atomic E-state index is 13.4. The molecule has 0 saturated heterocycles. The highest BCUT2D eigenvalue weighted by atomic mass is 35.5. The van der Waals surface area contributed by atoms with Gasteiger partial charge in [0.2, 0.25) is 5.91 Å². The largest absolute Gasteiger partial charge is 0.354 e. The second-order valence-corrected chi connectivity index (χ2v) is 8.98. The van der Waals surface area contributed by atoms with Gasteiger partial charge in [0, 0.05) is 47.0 Å². The predicted octanol–water partition coefficient (Wildman–Crippen LogP) is 6.92. The maximum Gasteiger partial charge on any atom is 0.221 e. The van der Waals surface area contributed by atoms with Gasteiger partial charge in [-0.25, -0.2) is 4.39 Å². The maximum absolute atomic E-state index is 13.4. The molecule has 0 radical (unpaired) electrons. The molecule has 1 heterocycles. The highest BCUT2D eigenvalue weighted by molar-refractivity contribution is 6.30. The fourth-order valence-corrected chi connectivity index (χ4v) is 4.42. The van der Waals surface area contributed by atoms with Gasteiger partial charge < -0.3 is 9.88 Å². The van der Waals surface area contributed by atoms with Gasteiger partial charge in [0.05, 0.1) is 0 Å². The zero-order valence-corrected chi connectivity index (χ0v) is 19.6. The van der Waals surface area contributed by atoms with E-state index in [0.29, 0.717) is 18.0 Å². The Balaban J connectivity index is 1.77. The minimum Gasteiger partial charge on any atom is -0.354 e. The number of amides is 1. The number of benzene rings is 3. The quantitative estimate of drug-likeness (QED) is 0.303. The lowest BCUT2D eigenvalue weighted by atomic mass is 9.88. The van der Waals surface area contributed by atoms with Crippen LogP contribution in [0.4, 0.5) is 4.39 Å². The molecule has 0 fully saturated rings. The Kier molecular flexibility index (Phi) is 7.14. The van der Waals surface area contributed by atoms with Crippen molar-refractivity contribution in [1.29, 1.82) is 0 Å². The van der Waals surface area contributed by atoms with Crippen LogP contribution in [0, 0.1) is 5.82 Å². The number of nitrogens with one attached hydrogen (secondary N) is 1. The van der Waals surface area contributed by atoms with E-state index in [2.05, 4.69) is 35.1 Å². The number of halogens is 2. The molecule has 0 bridgehead atoms. The summed E-state index contributed by atoms with van der Waals surface area (Å²) in [5, 5.41) is 4.85. The van der Waals surface area contributed by atoms with Gasteiger partial charge >= 0.3 is 0 Å².